The summed E-state index contributed by atoms with van der Waals surface area (Å²) in [5.74, 6) is 0. The Morgan fingerprint density at radius 3 is 2.41 bits per heavy atom. The summed E-state index contributed by atoms with van der Waals surface area (Å²) in [7, 11) is -1.81. The third-order valence-corrected chi connectivity index (χ3v) is 5.26. The van der Waals surface area contributed by atoms with Crippen LogP contribution in [0.5, 0.6) is 0 Å². The lowest BCUT2D eigenvalue weighted by Crippen LogP contribution is -2.35. The molecule has 0 spiro atoms. The second kappa shape index (κ2) is 5.18. The third kappa shape index (κ3) is 2.69. The van der Waals surface area contributed by atoms with Crippen molar-refractivity contribution in [1.82, 2.24) is 14.5 Å². The second-order valence-corrected chi connectivity index (χ2v) is 6.36. The minimum absolute atomic E-state index is 0.00120. The Morgan fingerprint density at radius 1 is 1.41 bits per heavy atom. The highest BCUT2D eigenvalue weighted by atomic mass is 32.2. The molecule has 0 saturated carbocycles. The van der Waals surface area contributed by atoms with Crippen LogP contribution >= 0.6 is 0 Å². The summed E-state index contributed by atoms with van der Waals surface area (Å²) in [5, 5.41) is 6.65. The molecule has 0 aliphatic heterocycles. The van der Waals surface area contributed by atoms with Crippen LogP contribution < -0.4 is 0 Å². The molecular formula is C11H21N3O2S. The number of nitrogens with zero attached hydrogens (tertiary/aromatic N) is 2. The third-order valence-electron chi connectivity index (χ3n) is 3.02. The second-order valence-electron chi connectivity index (χ2n) is 4.42. The van der Waals surface area contributed by atoms with Crippen molar-refractivity contribution in [1.29, 1.82) is 0 Å². The summed E-state index contributed by atoms with van der Waals surface area (Å²) in [6.07, 6.45) is 1.82. The number of aromatic amines is 1. The lowest BCUT2D eigenvalue weighted by atomic mass is 10.2. The van der Waals surface area contributed by atoms with Gasteiger partial charge in [-0.3, -0.25) is 5.10 Å². The van der Waals surface area contributed by atoms with Gasteiger partial charge >= 0.3 is 0 Å². The van der Waals surface area contributed by atoms with Crippen LogP contribution in [-0.4, -0.2) is 36.0 Å². The van der Waals surface area contributed by atoms with E-state index in [0.29, 0.717) is 16.3 Å². The van der Waals surface area contributed by atoms with Crippen molar-refractivity contribution in [3.8, 4) is 0 Å². The van der Waals surface area contributed by atoms with Crippen LogP contribution in [0.3, 0.4) is 0 Å². The Labute approximate surface area is 103 Å². The van der Waals surface area contributed by atoms with Gasteiger partial charge in [0.05, 0.1) is 11.4 Å². The molecule has 0 aliphatic carbocycles. The first-order chi connectivity index (χ1) is 7.82. The molecule has 0 amide bonds. The normalized spacial score (nSPS) is 14.2. The fraction of sp³-hybridized carbons (Fsp3) is 0.727. The molecule has 0 aliphatic rings. The predicted molar refractivity (Wildman–Crippen MR) is 67.4 cm³/mol. The van der Waals surface area contributed by atoms with Crippen LogP contribution in [0, 0.1) is 13.8 Å². The standard InChI is InChI=1S/C11H21N3O2S/c1-6-7-8(2)14(5)17(15,16)11-9(3)12-13-10(11)4/h8H,6-7H2,1-5H3,(H,12,13). The van der Waals surface area contributed by atoms with Crippen molar-refractivity contribution in [3.63, 3.8) is 0 Å². The number of aryl methyl sites for hydroxylation is 2. The van der Waals surface area contributed by atoms with Crippen molar-refractivity contribution in [3.05, 3.63) is 11.4 Å². The topological polar surface area (TPSA) is 66.1 Å². The monoisotopic (exact) mass is 259 g/mol. The molecule has 98 valence electrons. The van der Waals surface area contributed by atoms with Crippen LogP contribution in [0.25, 0.3) is 0 Å². The minimum Gasteiger partial charge on any atom is -0.281 e. The van der Waals surface area contributed by atoms with E-state index in [0.717, 1.165) is 12.8 Å². The van der Waals surface area contributed by atoms with Crippen LogP contribution in [0.2, 0.25) is 0 Å². The van der Waals surface area contributed by atoms with Gasteiger partial charge < -0.3 is 0 Å². The summed E-state index contributed by atoms with van der Waals surface area (Å²) < 4.78 is 26.3. The van der Waals surface area contributed by atoms with Crippen LogP contribution in [0.4, 0.5) is 0 Å². The molecule has 1 heterocycles. The zero-order valence-electron chi connectivity index (χ0n) is 11.1. The molecule has 1 unspecified atom stereocenters. The zero-order valence-corrected chi connectivity index (χ0v) is 11.9. The van der Waals surface area contributed by atoms with E-state index in [1.165, 1.54) is 4.31 Å². The van der Waals surface area contributed by atoms with Crippen LogP contribution in [0.15, 0.2) is 4.90 Å². The van der Waals surface area contributed by atoms with Crippen molar-refractivity contribution < 1.29 is 8.42 Å². The maximum atomic E-state index is 12.4. The predicted octanol–water partition coefficient (Wildman–Crippen LogP) is 1.84. The van der Waals surface area contributed by atoms with Gasteiger partial charge in [-0.15, -0.1) is 0 Å². The van der Waals surface area contributed by atoms with Gasteiger partial charge in [-0.2, -0.15) is 9.40 Å². The van der Waals surface area contributed by atoms with E-state index in [1.807, 2.05) is 13.8 Å². The molecule has 0 fully saturated rings. The Balaban J connectivity index is 3.12. The highest BCUT2D eigenvalue weighted by molar-refractivity contribution is 7.89. The average molecular weight is 259 g/mol. The van der Waals surface area contributed by atoms with Gasteiger partial charge in [0, 0.05) is 13.1 Å². The number of hydrogen-bond donors (Lipinski definition) is 1. The zero-order chi connectivity index (χ0) is 13.2. The van der Waals surface area contributed by atoms with Gasteiger partial charge in [0.15, 0.2) is 0 Å². The number of rotatable bonds is 5. The SMILES string of the molecule is CCCC(C)N(C)S(=O)(=O)c1c(C)n[nH]c1C. The van der Waals surface area contributed by atoms with E-state index in [2.05, 4.69) is 10.2 Å². The molecule has 1 aromatic heterocycles. The quantitative estimate of drug-likeness (QED) is 0.877. The number of H-pyrrole nitrogens is 1. The molecule has 1 atom stereocenters. The van der Waals surface area contributed by atoms with E-state index < -0.39 is 10.0 Å². The molecule has 17 heavy (non-hydrogen) atoms. The fourth-order valence-corrected chi connectivity index (χ4v) is 3.62. The van der Waals surface area contributed by atoms with E-state index in [-0.39, 0.29) is 6.04 Å². The Hall–Kier alpha value is -0.880. The first kappa shape index (κ1) is 14.2. The van der Waals surface area contributed by atoms with Crippen molar-refractivity contribution >= 4 is 10.0 Å². The minimum atomic E-state index is -3.44. The lowest BCUT2D eigenvalue weighted by Gasteiger charge is -2.24. The molecule has 6 heteroatoms. The van der Waals surface area contributed by atoms with Crippen molar-refractivity contribution in [2.45, 2.75) is 51.5 Å². The summed E-state index contributed by atoms with van der Waals surface area (Å²) in [4.78, 5) is 0.308. The lowest BCUT2D eigenvalue weighted by molar-refractivity contribution is 0.368. The molecular weight excluding hydrogens is 238 g/mol. The van der Waals surface area contributed by atoms with Gasteiger partial charge in [0.1, 0.15) is 4.90 Å². The molecule has 1 N–H and O–H groups in total. The highest BCUT2D eigenvalue weighted by Gasteiger charge is 2.29. The van der Waals surface area contributed by atoms with E-state index in [9.17, 15) is 8.42 Å². The van der Waals surface area contributed by atoms with E-state index in [1.54, 1.807) is 20.9 Å². The number of nitrogens with one attached hydrogen (secondary N) is 1. The molecule has 0 aromatic carbocycles. The Bertz CT molecular complexity index is 459. The first-order valence-corrected chi connectivity index (χ1v) is 7.26. The molecule has 1 rings (SSSR count). The highest BCUT2D eigenvalue weighted by Crippen LogP contribution is 2.23. The largest absolute Gasteiger partial charge is 0.281 e. The maximum Gasteiger partial charge on any atom is 0.246 e. The molecule has 0 bridgehead atoms. The maximum absolute atomic E-state index is 12.4. The molecule has 0 radical (unpaired) electrons. The Kier molecular flexibility index (Phi) is 4.32. The molecule has 1 aromatic rings. The average Bonchev–Trinajstić information content (AvgIpc) is 2.58. The molecule has 5 nitrogen and oxygen atoms in total. The number of sulfonamides is 1. The summed E-state index contributed by atoms with van der Waals surface area (Å²) in [6, 6.07) is -0.00120. The van der Waals surface area contributed by atoms with Gasteiger partial charge in [0.25, 0.3) is 0 Å². The summed E-state index contributed by atoms with van der Waals surface area (Å²) >= 11 is 0. The number of hydrogen-bond acceptors (Lipinski definition) is 3. The van der Waals surface area contributed by atoms with Gasteiger partial charge in [-0.1, -0.05) is 13.3 Å². The first-order valence-electron chi connectivity index (χ1n) is 5.82. The van der Waals surface area contributed by atoms with Crippen LogP contribution in [0.1, 0.15) is 38.1 Å². The smallest absolute Gasteiger partial charge is 0.246 e. The van der Waals surface area contributed by atoms with Gasteiger partial charge in [0.2, 0.25) is 10.0 Å². The van der Waals surface area contributed by atoms with Crippen LogP contribution in [-0.2, 0) is 10.0 Å². The van der Waals surface area contributed by atoms with E-state index >= 15 is 0 Å². The number of aromatic nitrogens is 2. The summed E-state index contributed by atoms with van der Waals surface area (Å²) in [6.45, 7) is 7.40. The summed E-state index contributed by atoms with van der Waals surface area (Å²) in [5.41, 5.74) is 1.12. The van der Waals surface area contributed by atoms with Crippen molar-refractivity contribution in [2.75, 3.05) is 7.05 Å². The van der Waals surface area contributed by atoms with Gasteiger partial charge in [-0.05, 0) is 27.2 Å². The van der Waals surface area contributed by atoms with E-state index in [4.69, 9.17) is 0 Å². The Morgan fingerprint density at radius 2 is 2.00 bits per heavy atom. The molecule has 0 saturated heterocycles. The fourth-order valence-electron chi connectivity index (χ4n) is 1.90. The van der Waals surface area contributed by atoms with Crippen molar-refractivity contribution in [2.24, 2.45) is 0 Å². The van der Waals surface area contributed by atoms with Gasteiger partial charge in [-0.25, -0.2) is 8.42 Å².